The van der Waals surface area contributed by atoms with E-state index < -0.39 is 0 Å². The quantitative estimate of drug-likeness (QED) is 0.691. The van der Waals surface area contributed by atoms with Gasteiger partial charge in [0.05, 0.1) is 5.52 Å². The minimum atomic E-state index is 0.132. The Morgan fingerprint density at radius 2 is 1.87 bits per heavy atom. The molecule has 2 rings (SSSR count). The number of hydrogen-bond donors (Lipinski definition) is 0. The van der Waals surface area contributed by atoms with E-state index in [1.165, 1.54) is 10.9 Å². The van der Waals surface area contributed by atoms with Crippen LogP contribution in [0.25, 0.3) is 10.9 Å². The van der Waals surface area contributed by atoms with Gasteiger partial charge in [-0.3, -0.25) is 4.98 Å². The van der Waals surface area contributed by atoms with Crippen molar-refractivity contribution in [2.45, 2.75) is 26.2 Å². The van der Waals surface area contributed by atoms with E-state index in [-0.39, 0.29) is 5.41 Å². The Labute approximate surface area is 98.7 Å². The van der Waals surface area contributed by atoms with Gasteiger partial charge in [0.15, 0.2) is 0 Å². The smallest absolute Gasteiger partial charge is 0.0750 e. The second kappa shape index (κ2) is 3.60. The van der Waals surface area contributed by atoms with E-state index >= 15 is 0 Å². The van der Waals surface area contributed by atoms with Crippen molar-refractivity contribution in [1.82, 2.24) is 4.98 Å². The number of halogens is 1. The Morgan fingerprint density at radius 3 is 2.53 bits per heavy atom. The summed E-state index contributed by atoms with van der Waals surface area (Å²) >= 11 is 3.56. The van der Waals surface area contributed by atoms with Crippen LogP contribution in [0.2, 0.25) is 0 Å². The Kier molecular flexibility index (Phi) is 2.55. The van der Waals surface area contributed by atoms with Crippen LogP contribution in [0.15, 0.2) is 34.9 Å². The molecule has 0 radical (unpaired) electrons. The zero-order chi connectivity index (χ0) is 11.1. The summed E-state index contributed by atoms with van der Waals surface area (Å²) in [4.78, 5) is 4.48. The minimum Gasteiger partial charge on any atom is -0.256 e. The molecule has 0 fully saturated rings. The van der Waals surface area contributed by atoms with E-state index in [1.54, 1.807) is 0 Å². The van der Waals surface area contributed by atoms with Gasteiger partial charge >= 0.3 is 0 Å². The van der Waals surface area contributed by atoms with Gasteiger partial charge in [-0.05, 0) is 17.0 Å². The van der Waals surface area contributed by atoms with Gasteiger partial charge in [0.2, 0.25) is 0 Å². The Balaban J connectivity index is 2.83. The van der Waals surface area contributed by atoms with Crippen molar-refractivity contribution in [2.75, 3.05) is 0 Å². The first kappa shape index (κ1) is 10.6. The van der Waals surface area contributed by atoms with Gasteiger partial charge in [-0.2, -0.15) is 0 Å². The Morgan fingerprint density at radius 1 is 1.13 bits per heavy atom. The maximum absolute atomic E-state index is 4.48. The molecule has 0 saturated heterocycles. The number of fused-ring (bicyclic) bond motifs is 1. The molecule has 1 aromatic heterocycles. The number of aromatic nitrogens is 1. The van der Waals surface area contributed by atoms with Gasteiger partial charge in [0, 0.05) is 16.1 Å². The molecule has 0 amide bonds. The summed E-state index contributed by atoms with van der Waals surface area (Å²) in [5, 5.41) is 1.19. The van der Waals surface area contributed by atoms with E-state index in [2.05, 4.69) is 59.9 Å². The minimum absolute atomic E-state index is 0.132. The molecular formula is C13H14BrN. The van der Waals surface area contributed by atoms with Gasteiger partial charge in [0.1, 0.15) is 0 Å². The molecule has 0 atom stereocenters. The van der Waals surface area contributed by atoms with Gasteiger partial charge < -0.3 is 0 Å². The lowest BCUT2D eigenvalue weighted by Crippen LogP contribution is -2.12. The highest BCUT2D eigenvalue weighted by molar-refractivity contribution is 9.10. The van der Waals surface area contributed by atoms with Crippen LogP contribution in [0.1, 0.15) is 26.3 Å². The molecule has 0 saturated carbocycles. The molecule has 0 aliphatic carbocycles. The second-order valence-corrected chi connectivity index (χ2v) is 5.60. The number of nitrogens with zero attached hydrogens (tertiary/aromatic N) is 1. The number of para-hydroxylation sites is 1. The highest BCUT2D eigenvalue weighted by Crippen LogP contribution is 2.31. The van der Waals surface area contributed by atoms with E-state index in [9.17, 15) is 0 Å². The van der Waals surface area contributed by atoms with Crippen LogP contribution < -0.4 is 0 Å². The zero-order valence-corrected chi connectivity index (χ0v) is 10.8. The number of rotatable bonds is 0. The van der Waals surface area contributed by atoms with Crippen molar-refractivity contribution >= 4 is 26.8 Å². The van der Waals surface area contributed by atoms with E-state index in [0.717, 1.165) is 9.99 Å². The summed E-state index contributed by atoms with van der Waals surface area (Å²) in [5.74, 6) is 0. The molecule has 1 heterocycles. The molecule has 78 valence electrons. The van der Waals surface area contributed by atoms with Crippen molar-refractivity contribution in [2.24, 2.45) is 0 Å². The summed E-state index contributed by atoms with van der Waals surface area (Å²) in [7, 11) is 0. The van der Waals surface area contributed by atoms with Crippen molar-refractivity contribution in [3.63, 3.8) is 0 Å². The largest absolute Gasteiger partial charge is 0.256 e. The van der Waals surface area contributed by atoms with Crippen LogP contribution in [0.3, 0.4) is 0 Å². The monoisotopic (exact) mass is 263 g/mol. The first-order chi connectivity index (χ1) is 7.00. The predicted molar refractivity (Wildman–Crippen MR) is 68.1 cm³/mol. The first-order valence-electron chi connectivity index (χ1n) is 5.04. The van der Waals surface area contributed by atoms with Gasteiger partial charge in [-0.25, -0.2) is 0 Å². The molecule has 2 heteroatoms. The molecule has 1 nitrogen and oxygen atoms in total. The fourth-order valence-corrected chi connectivity index (χ4v) is 2.19. The third kappa shape index (κ3) is 1.91. The van der Waals surface area contributed by atoms with Crippen LogP contribution in [0.5, 0.6) is 0 Å². The fraction of sp³-hybridized carbons (Fsp3) is 0.308. The SMILES string of the molecule is CC(C)(C)c1cccc2c(Br)ccnc12. The summed E-state index contributed by atoms with van der Waals surface area (Å²) in [6.07, 6.45) is 1.85. The highest BCUT2D eigenvalue weighted by atomic mass is 79.9. The summed E-state index contributed by atoms with van der Waals surface area (Å²) in [6.45, 7) is 6.64. The molecule has 0 bridgehead atoms. The van der Waals surface area contributed by atoms with Gasteiger partial charge in [-0.15, -0.1) is 0 Å². The standard InChI is InChI=1S/C13H14BrN/c1-13(2,3)10-6-4-5-9-11(14)7-8-15-12(9)10/h4-8H,1-3H3. The van der Waals surface area contributed by atoms with Crippen molar-refractivity contribution in [3.05, 3.63) is 40.5 Å². The van der Waals surface area contributed by atoms with E-state index in [0.29, 0.717) is 0 Å². The molecule has 0 spiro atoms. The summed E-state index contributed by atoms with van der Waals surface area (Å²) in [6, 6.07) is 8.33. The molecular weight excluding hydrogens is 250 g/mol. The van der Waals surface area contributed by atoms with E-state index in [4.69, 9.17) is 0 Å². The van der Waals surface area contributed by atoms with Crippen LogP contribution in [-0.2, 0) is 5.41 Å². The first-order valence-corrected chi connectivity index (χ1v) is 5.83. The predicted octanol–water partition coefficient (Wildman–Crippen LogP) is 4.29. The van der Waals surface area contributed by atoms with Crippen LogP contribution in [0.4, 0.5) is 0 Å². The normalized spacial score (nSPS) is 12.0. The average molecular weight is 264 g/mol. The Hall–Kier alpha value is -0.890. The maximum Gasteiger partial charge on any atom is 0.0750 e. The lowest BCUT2D eigenvalue weighted by molar-refractivity contribution is 0.594. The van der Waals surface area contributed by atoms with Gasteiger partial charge in [0.25, 0.3) is 0 Å². The van der Waals surface area contributed by atoms with Crippen LogP contribution >= 0.6 is 15.9 Å². The average Bonchev–Trinajstić information content (AvgIpc) is 2.16. The van der Waals surface area contributed by atoms with Crippen molar-refractivity contribution in [1.29, 1.82) is 0 Å². The third-order valence-electron chi connectivity index (χ3n) is 2.53. The van der Waals surface area contributed by atoms with Crippen molar-refractivity contribution < 1.29 is 0 Å². The van der Waals surface area contributed by atoms with Crippen LogP contribution in [-0.4, -0.2) is 4.98 Å². The summed E-state index contributed by atoms with van der Waals surface area (Å²) < 4.78 is 1.11. The number of benzene rings is 1. The highest BCUT2D eigenvalue weighted by Gasteiger charge is 2.17. The second-order valence-electron chi connectivity index (χ2n) is 4.74. The molecule has 2 aromatic rings. The fourth-order valence-electron chi connectivity index (χ4n) is 1.75. The molecule has 0 unspecified atom stereocenters. The number of pyridine rings is 1. The maximum atomic E-state index is 4.48. The van der Waals surface area contributed by atoms with Gasteiger partial charge in [-0.1, -0.05) is 54.9 Å². The molecule has 1 aromatic carbocycles. The molecule has 15 heavy (non-hydrogen) atoms. The molecule has 0 aliphatic rings. The lowest BCUT2D eigenvalue weighted by atomic mass is 9.85. The van der Waals surface area contributed by atoms with Crippen molar-refractivity contribution in [3.8, 4) is 0 Å². The Bertz CT molecular complexity index is 497. The summed E-state index contributed by atoms with van der Waals surface area (Å²) in [5.41, 5.74) is 2.52. The zero-order valence-electron chi connectivity index (χ0n) is 9.21. The van der Waals surface area contributed by atoms with E-state index in [1.807, 2.05) is 12.3 Å². The number of hydrogen-bond acceptors (Lipinski definition) is 1. The molecule has 0 aliphatic heterocycles. The van der Waals surface area contributed by atoms with Crippen LogP contribution in [0, 0.1) is 0 Å². The topological polar surface area (TPSA) is 12.9 Å². The molecule has 0 N–H and O–H groups in total. The lowest BCUT2D eigenvalue weighted by Gasteiger charge is -2.20. The third-order valence-corrected chi connectivity index (χ3v) is 3.22.